The summed E-state index contributed by atoms with van der Waals surface area (Å²) in [6.45, 7) is 7.06. The van der Waals surface area contributed by atoms with Crippen LogP contribution in [0.5, 0.6) is 0 Å². The topological polar surface area (TPSA) is 46.2 Å². The van der Waals surface area contributed by atoms with Crippen LogP contribution in [0.1, 0.15) is 20.8 Å². The Hall–Kier alpha value is 0.270. The molecule has 0 aliphatic heterocycles. The Morgan fingerprint density at radius 2 is 2.10 bits per heavy atom. The molecule has 0 rings (SSSR count). The Morgan fingerprint density at radius 1 is 1.60 bits per heavy atom. The number of aliphatic hydroxyl groups excluding tert-OH is 1. The quantitative estimate of drug-likeness (QED) is 0.645. The van der Waals surface area contributed by atoms with Gasteiger partial charge < -0.3 is 10.8 Å². The maximum Gasteiger partial charge on any atom is 0.0547 e. The summed E-state index contributed by atoms with van der Waals surface area (Å²) in [6, 6.07) is 0. The minimum atomic E-state index is 0.0994. The van der Waals surface area contributed by atoms with E-state index in [1.807, 2.05) is 6.92 Å². The number of hydrogen-bond acceptors (Lipinski definition) is 3. The minimum Gasteiger partial charge on any atom is -0.395 e. The van der Waals surface area contributed by atoms with Crippen molar-refractivity contribution >= 4 is 11.8 Å². The molecule has 1 unspecified atom stereocenters. The smallest absolute Gasteiger partial charge is 0.0547 e. The molecule has 0 aromatic heterocycles. The van der Waals surface area contributed by atoms with E-state index in [0.29, 0.717) is 11.8 Å². The van der Waals surface area contributed by atoms with E-state index in [1.54, 1.807) is 11.8 Å². The highest BCUT2D eigenvalue weighted by molar-refractivity contribution is 8.01. The Balaban J connectivity index is 3.64. The van der Waals surface area contributed by atoms with E-state index in [1.165, 1.54) is 0 Å². The minimum absolute atomic E-state index is 0.0994. The third-order valence-electron chi connectivity index (χ3n) is 1.27. The van der Waals surface area contributed by atoms with Gasteiger partial charge in [0.15, 0.2) is 0 Å². The van der Waals surface area contributed by atoms with Crippen molar-refractivity contribution in [1.82, 2.24) is 0 Å². The fourth-order valence-electron chi connectivity index (χ4n) is 0.630. The van der Waals surface area contributed by atoms with Gasteiger partial charge in [0, 0.05) is 16.5 Å². The van der Waals surface area contributed by atoms with Crippen molar-refractivity contribution in [3.63, 3.8) is 0 Å². The fourth-order valence-corrected chi connectivity index (χ4v) is 1.89. The van der Waals surface area contributed by atoms with Gasteiger partial charge in [0.05, 0.1) is 6.61 Å². The maximum atomic E-state index is 8.73. The molecule has 3 N–H and O–H groups in total. The fraction of sp³-hybridized carbons (Fsp3) is 1.00. The molecule has 0 saturated heterocycles. The van der Waals surface area contributed by atoms with Gasteiger partial charge in [-0.2, -0.15) is 0 Å². The van der Waals surface area contributed by atoms with Crippen LogP contribution in [0.15, 0.2) is 0 Å². The zero-order chi connectivity index (χ0) is 8.20. The molecule has 2 nitrogen and oxygen atoms in total. The second-order valence-electron chi connectivity index (χ2n) is 3.07. The normalized spacial score (nSPS) is 15.3. The average Bonchev–Trinajstić information content (AvgIpc) is 1.87. The van der Waals surface area contributed by atoms with Crippen LogP contribution in [0.3, 0.4) is 0 Å². The predicted octanol–water partition coefficient (Wildman–Crippen LogP) is 0.838. The van der Waals surface area contributed by atoms with E-state index < -0.39 is 0 Å². The van der Waals surface area contributed by atoms with E-state index in [2.05, 4.69) is 13.8 Å². The SMILES string of the molecule is CC(CO)SC(C)(C)CN. The van der Waals surface area contributed by atoms with E-state index >= 15 is 0 Å². The van der Waals surface area contributed by atoms with Crippen LogP contribution in [0.2, 0.25) is 0 Å². The van der Waals surface area contributed by atoms with Gasteiger partial charge in [-0.05, 0) is 13.8 Å². The van der Waals surface area contributed by atoms with Crippen molar-refractivity contribution in [1.29, 1.82) is 0 Å². The second kappa shape index (κ2) is 4.21. The van der Waals surface area contributed by atoms with E-state index in [4.69, 9.17) is 10.8 Å². The lowest BCUT2D eigenvalue weighted by atomic mass is 10.2. The molecule has 3 heteroatoms. The summed E-state index contributed by atoms with van der Waals surface area (Å²) >= 11 is 1.73. The molecule has 0 aromatic carbocycles. The highest BCUT2D eigenvalue weighted by Crippen LogP contribution is 2.26. The molecule has 0 bridgehead atoms. The molecular formula is C7H17NOS. The Bertz CT molecular complexity index is 95.6. The number of hydrogen-bond donors (Lipinski definition) is 2. The summed E-state index contributed by atoms with van der Waals surface area (Å²) in [7, 11) is 0. The summed E-state index contributed by atoms with van der Waals surface area (Å²) in [5, 5.41) is 9.02. The average molecular weight is 163 g/mol. The van der Waals surface area contributed by atoms with Crippen molar-refractivity contribution in [2.75, 3.05) is 13.2 Å². The molecule has 0 radical (unpaired) electrons. The third kappa shape index (κ3) is 4.14. The molecule has 10 heavy (non-hydrogen) atoms. The molecule has 0 saturated carbocycles. The van der Waals surface area contributed by atoms with Crippen molar-refractivity contribution in [3.8, 4) is 0 Å². The van der Waals surface area contributed by atoms with Crippen LogP contribution in [-0.2, 0) is 0 Å². The summed E-state index contributed by atoms with van der Waals surface area (Å²) < 4.78 is 0.0994. The molecule has 0 aliphatic carbocycles. The lowest BCUT2D eigenvalue weighted by Gasteiger charge is -2.24. The van der Waals surface area contributed by atoms with Crippen LogP contribution >= 0.6 is 11.8 Å². The number of aliphatic hydroxyl groups is 1. The molecule has 0 heterocycles. The molecule has 1 atom stereocenters. The Kier molecular flexibility index (Phi) is 4.32. The molecule has 0 aromatic rings. The zero-order valence-electron chi connectivity index (χ0n) is 6.92. The van der Waals surface area contributed by atoms with Gasteiger partial charge in [-0.1, -0.05) is 6.92 Å². The first-order valence-electron chi connectivity index (χ1n) is 3.50. The molecule has 0 aliphatic rings. The molecule has 0 fully saturated rings. The van der Waals surface area contributed by atoms with Crippen LogP contribution in [-0.4, -0.2) is 28.3 Å². The first kappa shape index (κ1) is 10.3. The first-order valence-corrected chi connectivity index (χ1v) is 4.38. The monoisotopic (exact) mass is 163 g/mol. The number of rotatable bonds is 4. The number of thioether (sulfide) groups is 1. The molecule has 0 spiro atoms. The largest absolute Gasteiger partial charge is 0.395 e. The van der Waals surface area contributed by atoms with Gasteiger partial charge in [-0.3, -0.25) is 0 Å². The molecule has 0 amide bonds. The second-order valence-corrected chi connectivity index (χ2v) is 5.22. The van der Waals surface area contributed by atoms with Crippen molar-refractivity contribution in [3.05, 3.63) is 0 Å². The van der Waals surface area contributed by atoms with Crippen LogP contribution in [0.25, 0.3) is 0 Å². The van der Waals surface area contributed by atoms with E-state index in [-0.39, 0.29) is 11.4 Å². The highest BCUT2D eigenvalue weighted by Gasteiger charge is 2.18. The van der Waals surface area contributed by atoms with Gasteiger partial charge >= 0.3 is 0 Å². The standard InChI is InChI=1S/C7H17NOS/c1-6(4-9)10-7(2,3)5-8/h6,9H,4-5,8H2,1-3H3. The van der Waals surface area contributed by atoms with E-state index in [9.17, 15) is 0 Å². The zero-order valence-corrected chi connectivity index (χ0v) is 7.74. The Morgan fingerprint density at radius 3 is 2.40 bits per heavy atom. The van der Waals surface area contributed by atoms with Crippen LogP contribution in [0.4, 0.5) is 0 Å². The lowest BCUT2D eigenvalue weighted by Crippen LogP contribution is -2.29. The summed E-state index contributed by atoms with van der Waals surface area (Å²) in [5.41, 5.74) is 5.51. The summed E-state index contributed by atoms with van der Waals surface area (Å²) in [4.78, 5) is 0. The first-order chi connectivity index (χ1) is 4.52. The molecule has 62 valence electrons. The summed E-state index contributed by atoms with van der Waals surface area (Å²) in [5.74, 6) is 0. The van der Waals surface area contributed by atoms with Crippen molar-refractivity contribution in [2.45, 2.75) is 30.8 Å². The molecular weight excluding hydrogens is 146 g/mol. The van der Waals surface area contributed by atoms with Crippen molar-refractivity contribution in [2.24, 2.45) is 5.73 Å². The lowest BCUT2D eigenvalue weighted by molar-refractivity contribution is 0.299. The predicted molar refractivity (Wildman–Crippen MR) is 47.3 cm³/mol. The third-order valence-corrected chi connectivity index (χ3v) is 2.63. The van der Waals surface area contributed by atoms with Gasteiger partial charge in [0.1, 0.15) is 0 Å². The van der Waals surface area contributed by atoms with Crippen LogP contribution < -0.4 is 5.73 Å². The van der Waals surface area contributed by atoms with Crippen LogP contribution in [0, 0.1) is 0 Å². The van der Waals surface area contributed by atoms with Gasteiger partial charge in [0.2, 0.25) is 0 Å². The summed E-state index contributed by atoms with van der Waals surface area (Å²) in [6.07, 6.45) is 0. The van der Waals surface area contributed by atoms with Gasteiger partial charge in [-0.25, -0.2) is 0 Å². The maximum absolute atomic E-state index is 8.73. The van der Waals surface area contributed by atoms with Gasteiger partial charge in [0.25, 0.3) is 0 Å². The number of nitrogens with two attached hydrogens (primary N) is 1. The Labute approximate surface area is 67.2 Å². The van der Waals surface area contributed by atoms with Gasteiger partial charge in [-0.15, -0.1) is 11.8 Å². The highest BCUT2D eigenvalue weighted by atomic mass is 32.2. The van der Waals surface area contributed by atoms with E-state index in [0.717, 1.165) is 0 Å². The van der Waals surface area contributed by atoms with Crippen molar-refractivity contribution < 1.29 is 5.11 Å².